The van der Waals surface area contributed by atoms with Gasteiger partial charge in [-0.15, -0.1) is 11.3 Å². The predicted octanol–water partition coefficient (Wildman–Crippen LogP) is 2.50. The van der Waals surface area contributed by atoms with Crippen LogP contribution in [0.15, 0.2) is 24.3 Å². The smallest absolute Gasteiger partial charge is 0.108 e. The number of thiazole rings is 1. The highest BCUT2D eigenvalue weighted by molar-refractivity contribution is 7.98. The molecule has 1 aromatic carbocycles. The van der Waals surface area contributed by atoms with Crippen LogP contribution in [-0.2, 0) is 6.54 Å². The van der Waals surface area contributed by atoms with Gasteiger partial charge in [0.15, 0.2) is 0 Å². The fourth-order valence-electron chi connectivity index (χ4n) is 1.80. The van der Waals surface area contributed by atoms with Gasteiger partial charge in [0.2, 0.25) is 0 Å². The first-order valence-electron chi connectivity index (χ1n) is 5.87. The molecule has 0 saturated heterocycles. The number of aliphatic hydroxyl groups is 1. The fraction of sp³-hybridized carbons (Fsp3) is 0.462. The molecular weight excluding hydrogens is 264 g/mol. The number of fused-ring (bicyclic) bond motifs is 1. The van der Waals surface area contributed by atoms with E-state index in [4.69, 9.17) is 0 Å². The summed E-state index contributed by atoms with van der Waals surface area (Å²) >= 11 is 3.36. The van der Waals surface area contributed by atoms with Gasteiger partial charge in [0.05, 0.1) is 15.8 Å². The molecule has 0 spiro atoms. The van der Waals surface area contributed by atoms with E-state index in [0.29, 0.717) is 13.1 Å². The van der Waals surface area contributed by atoms with Gasteiger partial charge in [0.25, 0.3) is 0 Å². The first-order chi connectivity index (χ1) is 8.61. The van der Waals surface area contributed by atoms with E-state index in [0.717, 1.165) is 16.3 Å². The Bertz CT molecular complexity index is 477. The highest BCUT2D eigenvalue weighted by Crippen LogP contribution is 2.21. The quantitative estimate of drug-likeness (QED) is 0.854. The number of hydrogen-bond acceptors (Lipinski definition) is 5. The van der Waals surface area contributed by atoms with E-state index < -0.39 is 5.60 Å². The fourth-order valence-corrected chi connectivity index (χ4v) is 3.46. The van der Waals surface area contributed by atoms with Crippen LogP contribution in [0.4, 0.5) is 0 Å². The molecule has 2 N–H and O–H groups in total. The summed E-state index contributed by atoms with van der Waals surface area (Å²) in [6, 6.07) is 8.14. The Morgan fingerprint density at radius 1 is 1.44 bits per heavy atom. The number of rotatable bonds is 6. The largest absolute Gasteiger partial charge is 0.388 e. The SMILES string of the molecule is CSCC(C)(O)CNCc1nc2ccccc2s1. The van der Waals surface area contributed by atoms with E-state index in [1.807, 2.05) is 31.4 Å². The minimum absolute atomic E-state index is 0.587. The van der Waals surface area contributed by atoms with Crippen molar-refractivity contribution in [3.05, 3.63) is 29.3 Å². The van der Waals surface area contributed by atoms with Crippen LogP contribution < -0.4 is 5.32 Å². The number of nitrogens with zero attached hydrogens (tertiary/aromatic N) is 1. The number of benzene rings is 1. The van der Waals surface area contributed by atoms with Crippen molar-refractivity contribution in [2.24, 2.45) is 0 Å². The molecule has 2 rings (SSSR count). The summed E-state index contributed by atoms with van der Waals surface area (Å²) < 4.78 is 1.21. The lowest BCUT2D eigenvalue weighted by atomic mass is 10.1. The van der Waals surface area contributed by atoms with Gasteiger partial charge >= 0.3 is 0 Å². The zero-order chi connectivity index (χ0) is 13.0. The lowest BCUT2D eigenvalue weighted by Gasteiger charge is -2.22. The Kier molecular flexibility index (Phi) is 4.61. The molecule has 1 heterocycles. The van der Waals surface area contributed by atoms with Gasteiger partial charge in [-0.3, -0.25) is 0 Å². The van der Waals surface area contributed by atoms with Crippen molar-refractivity contribution in [1.82, 2.24) is 10.3 Å². The van der Waals surface area contributed by atoms with Crippen LogP contribution in [0, 0.1) is 0 Å². The molecule has 5 heteroatoms. The second-order valence-corrected chi connectivity index (χ2v) is 6.59. The number of nitrogens with one attached hydrogen (secondary N) is 1. The molecule has 1 atom stereocenters. The van der Waals surface area contributed by atoms with E-state index in [9.17, 15) is 5.11 Å². The van der Waals surface area contributed by atoms with Gasteiger partial charge in [-0.05, 0) is 25.3 Å². The first-order valence-corrected chi connectivity index (χ1v) is 8.08. The predicted molar refractivity (Wildman–Crippen MR) is 80.3 cm³/mol. The third-order valence-electron chi connectivity index (χ3n) is 2.58. The van der Waals surface area contributed by atoms with Crippen LogP contribution in [0.25, 0.3) is 10.2 Å². The normalized spacial score (nSPS) is 14.8. The minimum Gasteiger partial charge on any atom is -0.388 e. The van der Waals surface area contributed by atoms with Gasteiger partial charge in [0, 0.05) is 18.8 Å². The Morgan fingerprint density at radius 2 is 2.22 bits per heavy atom. The average molecular weight is 282 g/mol. The maximum Gasteiger partial charge on any atom is 0.108 e. The van der Waals surface area contributed by atoms with Crippen LogP contribution >= 0.6 is 23.1 Å². The standard InChI is InChI=1S/C13H18N2OS2/c1-13(16,9-17-2)8-14-7-12-15-10-5-3-4-6-11(10)18-12/h3-6,14,16H,7-9H2,1-2H3. The summed E-state index contributed by atoms with van der Waals surface area (Å²) in [6.07, 6.45) is 2.00. The van der Waals surface area contributed by atoms with E-state index in [1.165, 1.54) is 4.70 Å². The lowest BCUT2D eigenvalue weighted by Crippen LogP contribution is -2.39. The van der Waals surface area contributed by atoms with Crippen molar-refractivity contribution in [3.8, 4) is 0 Å². The minimum atomic E-state index is -0.657. The summed E-state index contributed by atoms with van der Waals surface area (Å²) in [7, 11) is 0. The molecule has 0 saturated carbocycles. The summed E-state index contributed by atoms with van der Waals surface area (Å²) in [5.74, 6) is 0.736. The van der Waals surface area contributed by atoms with Crippen molar-refractivity contribution in [3.63, 3.8) is 0 Å². The van der Waals surface area contributed by atoms with Crippen LogP contribution in [0.3, 0.4) is 0 Å². The third kappa shape index (κ3) is 3.68. The molecule has 1 aromatic heterocycles. The number of thioether (sulfide) groups is 1. The van der Waals surface area contributed by atoms with Gasteiger partial charge in [0.1, 0.15) is 5.01 Å². The highest BCUT2D eigenvalue weighted by atomic mass is 32.2. The van der Waals surface area contributed by atoms with Crippen molar-refractivity contribution in [2.75, 3.05) is 18.6 Å². The van der Waals surface area contributed by atoms with Crippen LogP contribution in [0.5, 0.6) is 0 Å². The molecule has 3 nitrogen and oxygen atoms in total. The monoisotopic (exact) mass is 282 g/mol. The molecule has 0 aliphatic rings. The van der Waals surface area contributed by atoms with E-state index in [-0.39, 0.29) is 0 Å². The zero-order valence-electron chi connectivity index (χ0n) is 10.6. The van der Waals surface area contributed by atoms with Gasteiger partial charge < -0.3 is 10.4 Å². The summed E-state index contributed by atoms with van der Waals surface area (Å²) in [6.45, 7) is 3.16. The Labute approximate surface area is 116 Å². The maximum atomic E-state index is 10.0. The summed E-state index contributed by atoms with van der Waals surface area (Å²) in [5, 5.41) is 14.4. The second-order valence-electron chi connectivity index (χ2n) is 4.61. The second kappa shape index (κ2) is 6.02. The van der Waals surface area contributed by atoms with Gasteiger partial charge in [-0.25, -0.2) is 4.98 Å². The van der Waals surface area contributed by atoms with Crippen molar-refractivity contribution >= 4 is 33.3 Å². The molecule has 0 radical (unpaired) electrons. The van der Waals surface area contributed by atoms with E-state index in [1.54, 1.807) is 23.1 Å². The van der Waals surface area contributed by atoms with Gasteiger partial charge in [-0.2, -0.15) is 11.8 Å². The van der Waals surface area contributed by atoms with E-state index in [2.05, 4.69) is 16.4 Å². The van der Waals surface area contributed by atoms with Crippen LogP contribution in [0.2, 0.25) is 0 Å². The van der Waals surface area contributed by atoms with Crippen molar-refractivity contribution < 1.29 is 5.11 Å². The molecule has 0 bridgehead atoms. The molecule has 0 fully saturated rings. The third-order valence-corrected chi connectivity index (χ3v) is 4.52. The summed E-state index contributed by atoms with van der Waals surface area (Å²) in [4.78, 5) is 4.55. The maximum absolute atomic E-state index is 10.0. The van der Waals surface area contributed by atoms with Gasteiger partial charge in [-0.1, -0.05) is 12.1 Å². The Hall–Kier alpha value is -0.620. The highest BCUT2D eigenvalue weighted by Gasteiger charge is 2.18. The van der Waals surface area contributed by atoms with E-state index >= 15 is 0 Å². The average Bonchev–Trinajstić information content (AvgIpc) is 2.71. The van der Waals surface area contributed by atoms with Crippen molar-refractivity contribution in [1.29, 1.82) is 0 Å². The van der Waals surface area contributed by atoms with Crippen LogP contribution in [-0.4, -0.2) is 34.2 Å². The molecule has 2 aromatic rings. The Morgan fingerprint density at radius 3 is 2.94 bits per heavy atom. The van der Waals surface area contributed by atoms with Crippen molar-refractivity contribution in [2.45, 2.75) is 19.1 Å². The number of hydrogen-bond donors (Lipinski definition) is 2. The summed E-state index contributed by atoms with van der Waals surface area (Å²) in [5.41, 5.74) is 0.394. The molecule has 98 valence electrons. The number of para-hydroxylation sites is 1. The molecule has 18 heavy (non-hydrogen) atoms. The Balaban J connectivity index is 1.90. The molecule has 0 aliphatic carbocycles. The van der Waals surface area contributed by atoms with Crippen LogP contribution in [0.1, 0.15) is 11.9 Å². The molecule has 0 aliphatic heterocycles. The zero-order valence-corrected chi connectivity index (χ0v) is 12.3. The number of aromatic nitrogens is 1. The molecule has 0 amide bonds. The first kappa shape index (κ1) is 13.8. The molecule has 1 unspecified atom stereocenters. The molecular formula is C13H18N2OS2. The lowest BCUT2D eigenvalue weighted by molar-refractivity contribution is 0.0846. The topological polar surface area (TPSA) is 45.1 Å².